The molecule has 1 aliphatic rings. The number of rotatable bonds is 49. The van der Waals surface area contributed by atoms with Crippen LogP contribution in [0.25, 0.3) is 0 Å². The standard InChI is InChI=1S/C77H121N5O8/c1-9-12-15-18-21-24-27-30-33-36-39-42-49-88-70-56-65(57-71(89-50-43-40-37-34-31-28-25-22-19-16-13-10-2)74(70)90-51-44-41-38-35-32-29-26-23-20-17-14-11-3)76(85)81-47-45-77(46-48-81,66-52-60(4)72(61(5)53-66)79-64(8)83)67-54-62(6)73(63(7)55-67)80-75(84)69-58-68(59-78-69)82(86)87/h52-59,78H,9-51H2,1-8H3,(H,79,83)(H,80,84). The van der Waals surface area contributed by atoms with E-state index in [0.717, 1.165) is 77.6 Å². The first-order valence-corrected chi connectivity index (χ1v) is 36.2. The summed E-state index contributed by atoms with van der Waals surface area (Å²) in [5, 5.41) is 17.5. The highest BCUT2D eigenvalue weighted by molar-refractivity contribution is 6.04. The zero-order valence-electron chi connectivity index (χ0n) is 57.7. The van der Waals surface area contributed by atoms with Crippen molar-refractivity contribution in [3.05, 3.63) is 103 Å². The van der Waals surface area contributed by atoms with E-state index in [0.29, 0.717) is 74.3 Å². The van der Waals surface area contributed by atoms with Crippen molar-refractivity contribution in [2.45, 2.75) is 305 Å². The van der Waals surface area contributed by atoms with Gasteiger partial charge >= 0.3 is 0 Å². The number of nitro groups is 1. The van der Waals surface area contributed by atoms with Crippen LogP contribution in [0, 0.1) is 37.8 Å². The summed E-state index contributed by atoms with van der Waals surface area (Å²) >= 11 is 0. The van der Waals surface area contributed by atoms with Crippen molar-refractivity contribution in [3.63, 3.8) is 0 Å². The number of piperidine rings is 1. The van der Waals surface area contributed by atoms with Crippen molar-refractivity contribution in [1.82, 2.24) is 9.88 Å². The largest absolute Gasteiger partial charge is 0.490 e. The monoisotopic (exact) mass is 1240 g/mol. The van der Waals surface area contributed by atoms with Gasteiger partial charge in [-0.1, -0.05) is 257 Å². The number of aromatic nitrogens is 1. The lowest BCUT2D eigenvalue weighted by Gasteiger charge is -2.44. The number of nitrogens with one attached hydrogen (secondary N) is 3. The van der Waals surface area contributed by atoms with E-state index >= 15 is 4.79 Å². The predicted molar refractivity (Wildman–Crippen MR) is 374 cm³/mol. The Morgan fingerprint density at radius 1 is 0.489 bits per heavy atom. The van der Waals surface area contributed by atoms with Crippen LogP contribution in [-0.4, -0.2) is 65.4 Å². The molecule has 0 radical (unpaired) electrons. The smallest absolute Gasteiger partial charge is 0.287 e. The van der Waals surface area contributed by atoms with Gasteiger partial charge in [0.1, 0.15) is 5.69 Å². The Morgan fingerprint density at radius 2 is 0.822 bits per heavy atom. The molecule has 0 atom stereocenters. The van der Waals surface area contributed by atoms with E-state index in [1.807, 2.05) is 44.7 Å². The highest BCUT2D eigenvalue weighted by Gasteiger charge is 2.41. The molecule has 90 heavy (non-hydrogen) atoms. The molecule has 3 aromatic carbocycles. The van der Waals surface area contributed by atoms with Crippen LogP contribution in [0.5, 0.6) is 17.2 Å². The Labute approximate surface area is 544 Å². The summed E-state index contributed by atoms with van der Waals surface area (Å²) in [6.07, 6.45) is 47.8. The van der Waals surface area contributed by atoms with E-state index in [4.69, 9.17) is 14.2 Å². The molecule has 502 valence electrons. The van der Waals surface area contributed by atoms with Crippen LogP contribution in [0.4, 0.5) is 17.1 Å². The first-order valence-electron chi connectivity index (χ1n) is 36.2. The third-order valence-corrected chi connectivity index (χ3v) is 18.8. The van der Waals surface area contributed by atoms with E-state index in [1.165, 1.54) is 212 Å². The number of carbonyl (C=O) groups excluding carboxylic acids is 3. The van der Waals surface area contributed by atoms with Gasteiger partial charge in [-0.2, -0.15) is 0 Å². The number of aromatic amines is 1. The third-order valence-electron chi connectivity index (χ3n) is 18.8. The zero-order valence-corrected chi connectivity index (χ0v) is 57.7. The van der Waals surface area contributed by atoms with Crippen LogP contribution >= 0.6 is 0 Å². The molecule has 2 heterocycles. The van der Waals surface area contributed by atoms with Gasteiger partial charge in [0.2, 0.25) is 11.7 Å². The molecule has 1 saturated heterocycles. The molecule has 0 spiro atoms. The van der Waals surface area contributed by atoms with Crippen molar-refractivity contribution in [3.8, 4) is 17.2 Å². The van der Waals surface area contributed by atoms with E-state index in [2.05, 4.69) is 60.7 Å². The van der Waals surface area contributed by atoms with E-state index in [-0.39, 0.29) is 23.2 Å². The Kier molecular flexibility index (Phi) is 35.8. The molecule has 0 bridgehead atoms. The van der Waals surface area contributed by atoms with Crippen LogP contribution in [0.1, 0.15) is 326 Å². The second-order valence-corrected chi connectivity index (χ2v) is 26.5. The minimum Gasteiger partial charge on any atom is -0.490 e. The van der Waals surface area contributed by atoms with Gasteiger partial charge in [0.15, 0.2) is 11.5 Å². The van der Waals surface area contributed by atoms with Gasteiger partial charge in [-0.25, -0.2) is 0 Å². The fraction of sp³-hybridized carbons (Fsp3) is 0.675. The van der Waals surface area contributed by atoms with E-state index < -0.39 is 16.2 Å². The Hall–Kier alpha value is -5.85. The highest BCUT2D eigenvalue weighted by Crippen LogP contribution is 2.46. The Balaban J connectivity index is 1.38. The number of benzene rings is 3. The number of aryl methyl sites for hydroxylation is 4. The van der Waals surface area contributed by atoms with Crippen molar-refractivity contribution in [2.24, 2.45) is 0 Å². The van der Waals surface area contributed by atoms with Crippen molar-refractivity contribution in [2.75, 3.05) is 43.5 Å². The molecule has 3 amide bonds. The van der Waals surface area contributed by atoms with Gasteiger partial charge in [-0.05, 0) is 105 Å². The lowest BCUT2D eigenvalue weighted by Crippen LogP contribution is -2.46. The van der Waals surface area contributed by atoms with E-state index in [1.54, 1.807) is 0 Å². The zero-order chi connectivity index (χ0) is 64.8. The molecule has 1 fully saturated rings. The number of hydrogen-bond donors (Lipinski definition) is 3. The van der Waals surface area contributed by atoms with Crippen LogP contribution in [0.15, 0.2) is 48.7 Å². The normalized spacial score (nSPS) is 13.0. The summed E-state index contributed by atoms with van der Waals surface area (Å²) in [5.41, 5.74) is 7.04. The molecule has 0 unspecified atom stereocenters. The maximum Gasteiger partial charge on any atom is 0.287 e. The molecule has 4 aromatic rings. The van der Waals surface area contributed by atoms with Crippen LogP contribution in [-0.2, 0) is 10.2 Å². The van der Waals surface area contributed by atoms with Crippen LogP contribution < -0.4 is 24.8 Å². The van der Waals surface area contributed by atoms with Crippen molar-refractivity contribution >= 4 is 34.8 Å². The number of unbranched alkanes of at least 4 members (excludes halogenated alkanes) is 33. The van der Waals surface area contributed by atoms with Gasteiger partial charge in [0.25, 0.3) is 17.5 Å². The molecule has 0 saturated carbocycles. The summed E-state index contributed by atoms with van der Waals surface area (Å²) < 4.78 is 20.3. The number of carbonyl (C=O) groups is 3. The molecule has 0 aliphatic carbocycles. The minimum atomic E-state index is -0.546. The van der Waals surface area contributed by atoms with Crippen LogP contribution in [0.2, 0.25) is 0 Å². The lowest BCUT2D eigenvalue weighted by molar-refractivity contribution is -0.384. The fourth-order valence-electron chi connectivity index (χ4n) is 13.3. The number of ether oxygens (including phenoxy) is 3. The summed E-state index contributed by atoms with van der Waals surface area (Å²) in [6.45, 7) is 18.9. The average molecular weight is 1240 g/mol. The number of amides is 3. The molecule has 13 heteroatoms. The topological polar surface area (TPSA) is 165 Å². The molecule has 1 aromatic heterocycles. The van der Waals surface area contributed by atoms with Gasteiger partial charge in [-0.3, -0.25) is 24.5 Å². The third kappa shape index (κ3) is 26.0. The molecule has 3 N–H and O–H groups in total. The van der Waals surface area contributed by atoms with Gasteiger partial charge in [-0.15, -0.1) is 0 Å². The first-order chi connectivity index (χ1) is 43.7. The second-order valence-electron chi connectivity index (χ2n) is 26.5. The minimum absolute atomic E-state index is 0.0788. The maximum atomic E-state index is 15.3. The predicted octanol–water partition coefficient (Wildman–Crippen LogP) is 21.8. The number of hydrogen-bond acceptors (Lipinski definition) is 8. The number of likely N-dealkylation sites (tertiary alicyclic amines) is 1. The number of H-pyrrole nitrogens is 1. The number of nitrogens with zero attached hydrogens (tertiary/aromatic N) is 2. The molecular weight excluding hydrogens is 1120 g/mol. The number of anilines is 2. The fourth-order valence-corrected chi connectivity index (χ4v) is 13.3. The quantitative estimate of drug-likeness (QED) is 0.0223. The van der Waals surface area contributed by atoms with Gasteiger partial charge in [0.05, 0.1) is 30.9 Å². The Morgan fingerprint density at radius 3 is 1.16 bits per heavy atom. The summed E-state index contributed by atoms with van der Waals surface area (Å²) in [7, 11) is 0. The Bertz CT molecular complexity index is 2630. The summed E-state index contributed by atoms with van der Waals surface area (Å²) in [6, 6.07) is 13.7. The van der Waals surface area contributed by atoms with E-state index in [9.17, 15) is 19.7 Å². The lowest BCUT2D eigenvalue weighted by atomic mass is 9.66. The van der Waals surface area contributed by atoms with Gasteiger partial charge in [0, 0.05) is 48.4 Å². The highest BCUT2D eigenvalue weighted by atomic mass is 16.6. The van der Waals surface area contributed by atoms with Gasteiger partial charge < -0.3 is 34.7 Å². The van der Waals surface area contributed by atoms with Crippen molar-refractivity contribution in [1.29, 1.82) is 0 Å². The van der Waals surface area contributed by atoms with Crippen LogP contribution in [0.3, 0.4) is 0 Å². The average Bonchev–Trinajstić information content (AvgIpc) is 0.852. The first kappa shape index (κ1) is 74.9. The second kappa shape index (κ2) is 43.1. The molecule has 13 nitrogen and oxygen atoms in total. The molecule has 1 aliphatic heterocycles. The molecular formula is C77H121N5O8. The maximum absolute atomic E-state index is 15.3. The van der Waals surface area contributed by atoms with Crippen molar-refractivity contribution < 1.29 is 33.5 Å². The summed E-state index contributed by atoms with van der Waals surface area (Å²) in [5.74, 6) is 1.08. The SMILES string of the molecule is CCCCCCCCCCCCCCOc1cc(C(=O)N2CCC(c3cc(C)c(NC(C)=O)c(C)c3)(c3cc(C)c(NC(=O)c4cc([N+](=O)[O-])c[nH]4)c(C)c3)CC2)cc(OCCCCCCCCCCCCCC)c1OCCCCCCCCCCCCCC. The molecule has 5 rings (SSSR count). The summed E-state index contributed by atoms with van der Waals surface area (Å²) in [4.78, 5) is 56.8.